The molecule has 0 fully saturated rings. The minimum atomic E-state index is -0.832. The standard InChI is InChI=1S/C11H7ClFNO2/c1-16-11(15)7(6-14)5-8-9(12)3-2-4-10(8)13/h2-5H,1H3/b7-5+. The van der Waals surface area contributed by atoms with E-state index in [0.29, 0.717) is 0 Å². The summed E-state index contributed by atoms with van der Waals surface area (Å²) in [6, 6.07) is 5.69. The monoisotopic (exact) mass is 239 g/mol. The number of nitriles is 1. The molecule has 1 rings (SSSR count). The summed E-state index contributed by atoms with van der Waals surface area (Å²) in [5.41, 5.74) is -0.319. The summed E-state index contributed by atoms with van der Waals surface area (Å²) in [7, 11) is 1.14. The first-order valence-electron chi connectivity index (χ1n) is 4.24. The molecule has 0 aliphatic rings. The zero-order valence-electron chi connectivity index (χ0n) is 8.33. The number of rotatable bonds is 2. The SMILES string of the molecule is COC(=O)/C(C#N)=C/c1c(F)cccc1Cl. The second kappa shape index (κ2) is 5.29. The Morgan fingerprint density at radius 2 is 2.31 bits per heavy atom. The summed E-state index contributed by atoms with van der Waals surface area (Å²) < 4.78 is 17.7. The lowest BCUT2D eigenvalue weighted by Gasteiger charge is -2.01. The highest BCUT2D eigenvalue weighted by molar-refractivity contribution is 6.32. The Morgan fingerprint density at radius 1 is 1.62 bits per heavy atom. The molecular weight excluding hydrogens is 233 g/mol. The van der Waals surface area contributed by atoms with Crippen LogP contribution in [0.5, 0.6) is 0 Å². The highest BCUT2D eigenvalue weighted by Crippen LogP contribution is 2.21. The molecule has 0 amide bonds. The Balaban J connectivity index is 3.25. The van der Waals surface area contributed by atoms with Gasteiger partial charge in [0.1, 0.15) is 17.5 Å². The molecular formula is C11H7ClFNO2. The fourth-order valence-electron chi connectivity index (χ4n) is 1.04. The van der Waals surface area contributed by atoms with Crippen molar-refractivity contribution in [1.82, 2.24) is 0 Å². The van der Waals surface area contributed by atoms with E-state index >= 15 is 0 Å². The van der Waals surface area contributed by atoms with E-state index in [-0.39, 0.29) is 16.2 Å². The molecule has 3 nitrogen and oxygen atoms in total. The summed E-state index contributed by atoms with van der Waals surface area (Å²) in [4.78, 5) is 11.1. The minimum Gasteiger partial charge on any atom is -0.465 e. The lowest BCUT2D eigenvalue weighted by Crippen LogP contribution is -2.03. The number of methoxy groups -OCH3 is 1. The molecule has 0 heterocycles. The van der Waals surface area contributed by atoms with Gasteiger partial charge in [0, 0.05) is 5.56 Å². The molecule has 1 aromatic rings. The van der Waals surface area contributed by atoms with Crippen molar-refractivity contribution in [1.29, 1.82) is 5.26 Å². The van der Waals surface area contributed by atoms with Crippen molar-refractivity contribution in [3.63, 3.8) is 0 Å². The summed E-state index contributed by atoms with van der Waals surface area (Å²) in [5.74, 6) is -1.44. The van der Waals surface area contributed by atoms with E-state index in [9.17, 15) is 9.18 Å². The molecule has 0 bridgehead atoms. The first kappa shape index (κ1) is 12.2. The van der Waals surface area contributed by atoms with E-state index < -0.39 is 11.8 Å². The third kappa shape index (κ3) is 2.59. The minimum absolute atomic E-state index is 0.00823. The molecule has 0 spiro atoms. The van der Waals surface area contributed by atoms with Crippen LogP contribution in [0.2, 0.25) is 5.02 Å². The molecule has 0 saturated heterocycles. The number of ether oxygens (including phenoxy) is 1. The normalized spacial score (nSPS) is 10.8. The van der Waals surface area contributed by atoms with E-state index in [2.05, 4.69) is 4.74 Å². The van der Waals surface area contributed by atoms with Gasteiger partial charge in [0.25, 0.3) is 0 Å². The molecule has 0 radical (unpaired) electrons. The maximum absolute atomic E-state index is 13.3. The average Bonchev–Trinajstić information content (AvgIpc) is 2.28. The largest absolute Gasteiger partial charge is 0.465 e. The molecule has 0 saturated carbocycles. The van der Waals surface area contributed by atoms with Gasteiger partial charge in [-0.3, -0.25) is 0 Å². The highest BCUT2D eigenvalue weighted by atomic mass is 35.5. The van der Waals surface area contributed by atoms with Crippen LogP contribution < -0.4 is 0 Å². The van der Waals surface area contributed by atoms with Gasteiger partial charge in [-0.05, 0) is 18.2 Å². The van der Waals surface area contributed by atoms with Gasteiger partial charge in [-0.2, -0.15) is 5.26 Å². The fourth-order valence-corrected chi connectivity index (χ4v) is 1.26. The van der Waals surface area contributed by atoms with Crippen molar-refractivity contribution in [3.05, 3.63) is 40.2 Å². The maximum Gasteiger partial charge on any atom is 0.348 e. The van der Waals surface area contributed by atoms with Crippen LogP contribution in [0.1, 0.15) is 5.56 Å². The molecule has 0 aliphatic carbocycles. The number of carbonyl (C=O) groups excluding carboxylic acids is 1. The molecule has 0 atom stereocenters. The smallest absolute Gasteiger partial charge is 0.348 e. The van der Waals surface area contributed by atoms with Crippen molar-refractivity contribution < 1.29 is 13.9 Å². The Bertz CT molecular complexity index is 471. The molecule has 0 aromatic heterocycles. The van der Waals surface area contributed by atoms with Crippen LogP contribution in [0, 0.1) is 17.1 Å². The van der Waals surface area contributed by atoms with Gasteiger partial charge < -0.3 is 4.74 Å². The number of halogens is 2. The molecule has 5 heteroatoms. The van der Waals surface area contributed by atoms with Gasteiger partial charge in [0.2, 0.25) is 0 Å². The molecule has 0 aliphatic heterocycles. The van der Waals surface area contributed by atoms with Crippen LogP contribution >= 0.6 is 11.6 Å². The van der Waals surface area contributed by atoms with Crippen molar-refractivity contribution in [2.45, 2.75) is 0 Å². The first-order valence-corrected chi connectivity index (χ1v) is 4.62. The van der Waals surface area contributed by atoms with Gasteiger partial charge >= 0.3 is 5.97 Å². The summed E-state index contributed by atoms with van der Waals surface area (Å²) in [6.45, 7) is 0. The molecule has 1 aromatic carbocycles. The summed E-state index contributed by atoms with van der Waals surface area (Å²) in [5, 5.41) is 8.81. The van der Waals surface area contributed by atoms with E-state index in [1.165, 1.54) is 18.2 Å². The van der Waals surface area contributed by atoms with Crippen molar-refractivity contribution in [2.75, 3.05) is 7.11 Å². The third-order valence-corrected chi connectivity index (χ3v) is 2.14. The zero-order valence-corrected chi connectivity index (χ0v) is 9.08. The van der Waals surface area contributed by atoms with E-state index in [1.807, 2.05) is 0 Å². The van der Waals surface area contributed by atoms with Crippen molar-refractivity contribution >= 4 is 23.6 Å². The Labute approximate surface area is 96.7 Å². The summed E-state index contributed by atoms with van der Waals surface area (Å²) in [6.07, 6.45) is 1.06. The molecule has 0 unspecified atom stereocenters. The number of hydrogen-bond donors (Lipinski definition) is 0. The van der Waals surface area contributed by atoms with E-state index in [1.54, 1.807) is 6.07 Å². The lowest BCUT2D eigenvalue weighted by atomic mass is 10.1. The second-order valence-corrected chi connectivity index (χ2v) is 3.20. The molecule has 82 valence electrons. The van der Waals surface area contributed by atoms with E-state index in [0.717, 1.165) is 13.2 Å². The van der Waals surface area contributed by atoms with Gasteiger partial charge in [-0.1, -0.05) is 17.7 Å². The number of hydrogen-bond acceptors (Lipinski definition) is 3. The number of esters is 1. The zero-order chi connectivity index (χ0) is 12.1. The Kier molecular flexibility index (Phi) is 4.03. The first-order chi connectivity index (χ1) is 7.60. The fraction of sp³-hybridized carbons (Fsp3) is 0.0909. The highest BCUT2D eigenvalue weighted by Gasteiger charge is 2.12. The van der Waals surface area contributed by atoms with Crippen LogP contribution in [0.15, 0.2) is 23.8 Å². The molecule has 0 N–H and O–H groups in total. The number of benzene rings is 1. The second-order valence-electron chi connectivity index (χ2n) is 2.80. The quantitative estimate of drug-likeness (QED) is 0.453. The summed E-state index contributed by atoms with van der Waals surface area (Å²) >= 11 is 5.73. The van der Waals surface area contributed by atoms with E-state index in [4.69, 9.17) is 16.9 Å². The Morgan fingerprint density at radius 3 is 2.81 bits per heavy atom. The predicted octanol–water partition coefficient (Wildman–Crippen LogP) is 2.56. The van der Waals surface area contributed by atoms with Gasteiger partial charge in [-0.15, -0.1) is 0 Å². The van der Waals surface area contributed by atoms with Crippen molar-refractivity contribution in [3.8, 4) is 6.07 Å². The van der Waals surface area contributed by atoms with Crippen LogP contribution in [0.25, 0.3) is 6.08 Å². The molecule has 16 heavy (non-hydrogen) atoms. The van der Waals surface area contributed by atoms with Crippen LogP contribution in [-0.2, 0) is 9.53 Å². The van der Waals surface area contributed by atoms with Crippen molar-refractivity contribution in [2.24, 2.45) is 0 Å². The number of carbonyl (C=O) groups is 1. The Hall–Kier alpha value is -1.86. The third-order valence-electron chi connectivity index (χ3n) is 1.81. The van der Waals surface area contributed by atoms with Crippen LogP contribution in [0.4, 0.5) is 4.39 Å². The van der Waals surface area contributed by atoms with Gasteiger partial charge in [0.15, 0.2) is 0 Å². The topological polar surface area (TPSA) is 50.1 Å². The predicted molar refractivity (Wildman–Crippen MR) is 57.0 cm³/mol. The van der Waals surface area contributed by atoms with Crippen LogP contribution in [-0.4, -0.2) is 13.1 Å². The van der Waals surface area contributed by atoms with Gasteiger partial charge in [-0.25, -0.2) is 9.18 Å². The average molecular weight is 240 g/mol. The van der Waals surface area contributed by atoms with Gasteiger partial charge in [0.05, 0.1) is 12.1 Å². The lowest BCUT2D eigenvalue weighted by molar-refractivity contribution is -0.135. The maximum atomic E-state index is 13.3. The van der Waals surface area contributed by atoms with Crippen LogP contribution in [0.3, 0.4) is 0 Å². The number of nitrogens with zero attached hydrogens (tertiary/aromatic N) is 1.